The van der Waals surface area contributed by atoms with E-state index in [2.05, 4.69) is 4.98 Å². The fraction of sp³-hybridized carbons (Fsp3) is 0.450. The third kappa shape index (κ3) is 3.76. The molecule has 0 unspecified atom stereocenters. The second kappa shape index (κ2) is 7.25. The van der Waals surface area contributed by atoms with Crippen LogP contribution in [0.15, 0.2) is 46.1 Å². The lowest BCUT2D eigenvalue weighted by Gasteiger charge is -2.25. The SMILES string of the molecule is Cc1cn([C@H]2O[C@@H](COC(=O)c3ccccc3)[C@H]3OC(C)(C)O[C@@H]32)c(=O)[nH]c1=O. The van der Waals surface area contributed by atoms with Gasteiger partial charge in [0.15, 0.2) is 12.0 Å². The Kier molecular flexibility index (Phi) is 4.89. The molecule has 2 aliphatic rings. The fourth-order valence-electron chi connectivity index (χ4n) is 3.61. The van der Waals surface area contributed by atoms with E-state index in [0.717, 1.165) is 0 Å². The number of hydrogen-bond acceptors (Lipinski definition) is 7. The number of nitrogens with zero attached hydrogens (tertiary/aromatic N) is 1. The van der Waals surface area contributed by atoms with Gasteiger partial charge in [-0.3, -0.25) is 14.3 Å². The van der Waals surface area contributed by atoms with Gasteiger partial charge in [-0.05, 0) is 32.9 Å². The number of H-pyrrole nitrogens is 1. The molecule has 9 heteroatoms. The Morgan fingerprint density at radius 1 is 1.17 bits per heavy atom. The van der Waals surface area contributed by atoms with Gasteiger partial charge in [0.05, 0.1) is 5.56 Å². The number of rotatable bonds is 4. The van der Waals surface area contributed by atoms with Crippen LogP contribution in [0.2, 0.25) is 0 Å². The van der Waals surface area contributed by atoms with Gasteiger partial charge in [-0.25, -0.2) is 9.59 Å². The van der Waals surface area contributed by atoms with Crippen LogP contribution in [-0.2, 0) is 18.9 Å². The fourth-order valence-corrected chi connectivity index (χ4v) is 3.61. The first-order chi connectivity index (χ1) is 13.7. The second-order valence-corrected chi connectivity index (χ2v) is 7.57. The van der Waals surface area contributed by atoms with E-state index < -0.39 is 47.5 Å². The summed E-state index contributed by atoms with van der Waals surface area (Å²) in [4.78, 5) is 38.5. The summed E-state index contributed by atoms with van der Waals surface area (Å²) in [5, 5.41) is 0. The maximum Gasteiger partial charge on any atom is 0.338 e. The maximum absolute atomic E-state index is 12.3. The Bertz CT molecular complexity index is 1030. The van der Waals surface area contributed by atoms with E-state index >= 15 is 0 Å². The molecule has 0 saturated carbocycles. The summed E-state index contributed by atoms with van der Waals surface area (Å²) >= 11 is 0. The van der Waals surface area contributed by atoms with Crippen LogP contribution in [0.25, 0.3) is 0 Å². The van der Waals surface area contributed by atoms with Crippen molar-refractivity contribution < 1.29 is 23.7 Å². The predicted octanol–water partition coefficient (Wildman–Crippen LogP) is 1.12. The van der Waals surface area contributed by atoms with E-state index in [1.807, 2.05) is 6.07 Å². The van der Waals surface area contributed by atoms with Crippen molar-refractivity contribution in [2.45, 2.75) is 51.1 Å². The van der Waals surface area contributed by atoms with Crippen LogP contribution in [-0.4, -0.2) is 46.2 Å². The van der Waals surface area contributed by atoms with Crippen LogP contribution in [0.5, 0.6) is 0 Å². The highest BCUT2D eigenvalue weighted by Gasteiger charge is 2.56. The monoisotopic (exact) mass is 402 g/mol. The standard InChI is InChI=1S/C20H22N2O7/c1-11-9-22(19(25)21-16(11)23)17-15-14(28-20(2,3)29-15)13(27-17)10-26-18(24)12-7-5-4-6-8-12/h4-9,13-15,17H,10H2,1-3H3,(H,21,23,25)/t13-,14+,15-,17-/m0/s1. The molecule has 0 radical (unpaired) electrons. The minimum absolute atomic E-state index is 0.0675. The van der Waals surface area contributed by atoms with E-state index in [9.17, 15) is 14.4 Å². The number of aromatic nitrogens is 2. The smallest absolute Gasteiger partial charge is 0.338 e. The summed E-state index contributed by atoms with van der Waals surface area (Å²) < 4.78 is 24.6. The Hall–Kier alpha value is -2.75. The third-order valence-corrected chi connectivity index (χ3v) is 4.93. The van der Waals surface area contributed by atoms with Crippen LogP contribution in [0, 0.1) is 6.92 Å². The zero-order valence-corrected chi connectivity index (χ0v) is 16.3. The van der Waals surface area contributed by atoms with E-state index in [0.29, 0.717) is 11.1 Å². The summed E-state index contributed by atoms with van der Waals surface area (Å²) in [5.41, 5.74) is -0.283. The highest BCUT2D eigenvalue weighted by Crippen LogP contribution is 2.42. The van der Waals surface area contributed by atoms with Crippen molar-refractivity contribution in [1.29, 1.82) is 0 Å². The number of fused-ring (bicyclic) bond motifs is 1. The van der Waals surface area contributed by atoms with Crippen LogP contribution in [0.3, 0.4) is 0 Å². The molecule has 1 aromatic carbocycles. The molecule has 2 saturated heterocycles. The number of esters is 1. The quantitative estimate of drug-likeness (QED) is 0.764. The Balaban J connectivity index is 1.57. The lowest BCUT2D eigenvalue weighted by molar-refractivity contribution is -0.200. The molecule has 2 aromatic rings. The lowest BCUT2D eigenvalue weighted by atomic mass is 10.1. The molecular weight excluding hydrogens is 380 g/mol. The molecule has 3 heterocycles. The number of ether oxygens (including phenoxy) is 4. The topological polar surface area (TPSA) is 109 Å². The van der Waals surface area contributed by atoms with Crippen molar-refractivity contribution in [2.24, 2.45) is 0 Å². The molecule has 2 fully saturated rings. The number of hydrogen-bond donors (Lipinski definition) is 1. The molecule has 1 N–H and O–H groups in total. The Morgan fingerprint density at radius 2 is 1.86 bits per heavy atom. The van der Waals surface area contributed by atoms with E-state index in [4.69, 9.17) is 18.9 Å². The third-order valence-electron chi connectivity index (χ3n) is 4.93. The molecule has 154 valence electrons. The average Bonchev–Trinajstić information content (AvgIpc) is 3.16. The number of aryl methyl sites for hydroxylation is 1. The number of benzene rings is 1. The molecule has 0 aliphatic carbocycles. The van der Waals surface area contributed by atoms with Crippen molar-refractivity contribution in [3.05, 3.63) is 68.5 Å². The van der Waals surface area contributed by atoms with Gasteiger partial charge in [0, 0.05) is 11.8 Å². The molecule has 29 heavy (non-hydrogen) atoms. The maximum atomic E-state index is 12.3. The van der Waals surface area contributed by atoms with E-state index in [-0.39, 0.29) is 6.61 Å². The van der Waals surface area contributed by atoms with Gasteiger partial charge in [-0.1, -0.05) is 18.2 Å². The largest absolute Gasteiger partial charge is 0.459 e. The average molecular weight is 402 g/mol. The van der Waals surface area contributed by atoms with Crippen LogP contribution in [0.1, 0.15) is 36.0 Å². The molecule has 0 amide bonds. The zero-order chi connectivity index (χ0) is 20.8. The Labute approximate surface area is 166 Å². The molecule has 9 nitrogen and oxygen atoms in total. The number of aromatic amines is 1. The van der Waals surface area contributed by atoms with Crippen LogP contribution >= 0.6 is 0 Å². The molecule has 4 rings (SSSR count). The first-order valence-electron chi connectivity index (χ1n) is 9.30. The molecule has 0 bridgehead atoms. The molecule has 0 spiro atoms. The summed E-state index contributed by atoms with van der Waals surface area (Å²) in [5.74, 6) is -1.37. The minimum atomic E-state index is -0.889. The van der Waals surface area contributed by atoms with Crippen molar-refractivity contribution in [2.75, 3.05) is 6.61 Å². The van der Waals surface area contributed by atoms with Gasteiger partial charge in [-0.2, -0.15) is 0 Å². The van der Waals surface area contributed by atoms with Gasteiger partial charge >= 0.3 is 11.7 Å². The van der Waals surface area contributed by atoms with Gasteiger partial charge < -0.3 is 18.9 Å². The van der Waals surface area contributed by atoms with Crippen LogP contribution in [0.4, 0.5) is 0 Å². The number of nitrogens with one attached hydrogen (secondary N) is 1. The van der Waals surface area contributed by atoms with Crippen molar-refractivity contribution in [3.8, 4) is 0 Å². The van der Waals surface area contributed by atoms with Gasteiger partial charge in [0.2, 0.25) is 0 Å². The van der Waals surface area contributed by atoms with E-state index in [1.165, 1.54) is 10.8 Å². The zero-order valence-electron chi connectivity index (χ0n) is 16.3. The first kappa shape index (κ1) is 19.6. The molecular formula is C20H22N2O7. The Morgan fingerprint density at radius 3 is 2.59 bits per heavy atom. The van der Waals surface area contributed by atoms with Crippen LogP contribution < -0.4 is 11.2 Å². The van der Waals surface area contributed by atoms with Gasteiger partial charge in [-0.15, -0.1) is 0 Å². The number of carbonyl (C=O) groups excluding carboxylic acids is 1. The second-order valence-electron chi connectivity index (χ2n) is 7.57. The van der Waals surface area contributed by atoms with Gasteiger partial charge in [0.1, 0.15) is 24.9 Å². The highest BCUT2D eigenvalue weighted by atomic mass is 16.8. The van der Waals surface area contributed by atoms with Crippen molar-refractivity contribution >= 4 is 5.97 Å². The van der Waals surface area contributed by atoms with Crippen molar-refractivity contribution in [3.63, 3.8) is 0 Å². The summed E-state index contributed by atoms with van der Waals surface area (Å²) in [6.07, 6.45) is -1.19. The van der Waals surface area contributed by atoms with Crippen molar-refractivity contribution in [1.82, 2.24) is 9.55 Å². The van der Waals surface area contributed by atoms with E-state index in [1.54, 1.807) is 45.0 Å². The summed E-state index contributed by atoms with van der Waals surface area (Å²) in [6.45, 7) is 5.05. The molecule has 1 aromatic heterocycles. The normalized spacial score (nSPS) is 27.6. The summed E-state index contributed by atoms with van der Waals surface area (Å²) in [6, 6.07) is 8.61. The highest BCUT2D eigenvalue weighted by molar-refractivity contribution is 5.89. The molecule has 4 atom stereocenters. The lowest BCUT2D eigenvalue weighted by Crippen LogP contribution is -2.38. The predicted molar refractivity (Wildman–Crippen MR) is 101 cm³/mol. The number of carbonyl (C=O) groups is 1. The first-order valence-corrected chi connectivity index (χ1v) is 9.30. The molecule has 2 aliphatic heterocycles. The summed E-state index contributed by atoms with van der Waals surface area (Å²) in [7, 11) is 0. The van der Waals surface area contributed by atoms with Gasteiger partial charge in [0.25, 0.3) is 5.56 Å². The minimum Gasteiger partial charge on any atom is -0.459 e.